The molecule has 136 valence electrons. The normalized spacial score (nSPS) is 27.3. The fourth-order valence-corrected chi connectivity index (χ4v) is 3.69. The smallest absolute Gasteiger partial charge is 0.323 e. The van der Waals surface area contributed by atoms with Crippen LogP contribution in [0.25, 0.3) is 0 Å². The molecule has 2 rings (SSSR count). The van der Waals surface area contributed by atoms with Crippen LogP contribution < -0.4 is 0 Å². The van der Waals surface area contributed by atoms with Gasteiger partial charge in [-0.2, -0.15) is 0 Å². The molecule has 2 fully saturated rings. The number of carbonyl (C=O) groups is 3. The average molecular weight is 340 g/mol. The number of hydrogen-bond acceptors (Lipinski definition) is 4. The van der Waals surface area contributed by atoms with E-state index in [2.05, 4.69) is 6.92 Å². The van der Waals surface area contributed by atoms with Gasteiger partial charge in [0.1, 0.15) is 6.54 Å². The number of hydrogen-bond donors (Lipinski definition) is 1. The molecule has 1 unspecified atom stereocenters. The van der Waals surface area contributed by atoms with Crippen LogP contribution in [-0.2, 0) is 19.1 Å². The molecular formula is C17H28N2O5. The zero-order valence-electron chi connectivity index (χ0n) is 14.6. The van der Waals surface area contributed by atoms with Crippen molar-refractivity contribution in [1.82, 2.24) is 9.80 Å². The topological polar surface area (TPSA) is 87.1 Å². The van der Waals surface area contributed by atoms with E-state index < -0.39 is 11.9 Å². The monoisotopic (exact) mass is 340 g/mol. The van der Waals surface area contributed by atoms with Gasteiger partial charge in [0.05, 0.1) is 12.5 Å². The van der Waals surface area contributed by atoms with E-state index in [1.807, 2.05) is 4.90 Å². The Morgan fingerprint density at radius 1 is 1.29 bits per heavy atom. The number of nitrogens with zero attached hydrogens (tertiary/aromatic N) is 2. The lowest BCUT2D eigenvalue weighted by Crippen LogP contribution is -2.43. The van der Waals surface area contributed by atoms with E-state index in [0.29, 0.717) is 12.5 Å². The average Bonchev–Trinajstić information content (AvgIpc) is 2.93. The summed E-state index contributed by atoms with van der Waals surface area (Å²) in [7, 11) is 1.51. The van der Waals surface area contributed by atoms with E-state index in [1.54, 1.807) is 0 Å². The first-order valence-electron chi connectivity index (χ1n) is 8.71. The van der Waals surface area contributed by atoms with Crippen molar-refractivity contribution in [3.8, 4) is 0 Å². The van der Waals surface area contributed by atoms with Crippen molar-refractivity contribution in [3.63, 3.8) is 0 Å². The summed E-state index contributed by atoms with van der Waals surface area (Å²) in [5.41, 5.74) is 0. The Labute approximate surface area is 142 Å². The molecule has 2 amide bonds. The molecule has 1 aliphatic carbocycles. The highest BCUT2D eigenvalue weighted by Crippen LogP contribution is 2.31. The summed E-state index contributed by atoms with van der Waals surface area (Å²) < 4.78 is 4.95. The number of likely N-dealkylation sites (tertiary alicyclic amines) is 1. The first-order chi connectivity index (χ1) is 11.4. The molecule has 2 aliphatic rings. The van der Waals surface area contributed by atoms with Gasteiger partial charge in [0, 0.05) is 32.7 Å². The largest absolute Gasteiger partial charge is 0.480 e. The molecule has 0 radical (unpaired) electrons. The predicted octanol–water partition coefficient (Wildman–Crippen LogP) is 0.973. The van der Waals surface area contributed by atoms with Crippen molar-refractivity contribution >= 4 is 17.8 Å². The Bertz CT molecular complexity index is 474. The molecule has 1 saturated heterocycles. The summed E-state index contributed by atoms with van der Waals surface area (Å²) in [5.74, 6) is -1.02. The standard InChI is InChI=1S/C17H28N2O5/c1-12-3-5-14(6-4-12)19-10-13(9-15(19)20)17(23)18(7-8-24-2)11-16(21)22/h12-14H,3-11H2,1-2H3,(H,21,22). The number of amides is 2. The van der Waals surface area contributed by atoms with Crippen LogP contribution in [-0.4, -0.2) is 72.1 Å². The van der Waals surface area contributed by atoms with Crippen LogP contribution in [0.4, 0.5) is 0 Å². The van der Waals surface area contributed by atoms with E-state index in [9.17, 15) is 14.4 Å². The maximum Gasteiger partial charge on any atom is 0.323 e. The molecule has 1 N–H and O–H groups in total. The first kappa shape index (κ1) is 18.7. The Hall–Kier alpha value is -1.63. The number of rotatable bonds is 7. The molecule has 0 aromatic carbocycles. The minimum atomic E-state index is -1.05. The molecule has 0 bridgehead atoms. The summed E-state index contributed by atoms with van der Waals surface area (Å²) in [4.78, 5) is 39.1. The van der Waals surface area contributed by atoms with Crippen LogP contribution in [0.5, 0.6) is 0 Å². The van der Waals surface area contributed by atoms with Gasteiger partial charge in [-0.15, -0.1) is 0 Å². The lowest BCUT2D eigenvalue weighted by Gasteiger charge is -2.33. The van der Waals surface area contributed by atoms with Gasteiger partial charge < -0.3 is 19.6 Å². The Balaban J connectivity index is 1.96. The van der Waals surface area contributed by atoms with Crippen molar-refractivity contribution in [2.75, 3.05) is 33.4 Å². The lowest BCUT2D eigenvalue weighted by atomic mass is 9.86. The molecule has 1 aliphatic heterocycles. The van der Waals surface area contributed by atoms with Gasteiger partial charge in [0.15, 0.2) is 0 Å². The molecule has 0 aromatic heterocycles. The van der Waals surface area contributed by atoms with E-state index in [4.69, 9.17) is 9.84 Å². The van der Waals surface area contributed by atoms with Gasteiger partial charge in [-0.1, -0.05) is 6.92 Å². The fraction of sp³-hybridized carbons (Fsp3) is 0.824. The van der Waals surface area contributed by atoms with Gasteiger partial charge in [-0.25, -0.2) is 0 Å². The Kier molecular flexibility index (Phi) is 6.60. The number of methoxy groups -OCH3 is 1. The zero-order valence-corrected chi connectivity index (χ0v) is 14.6. The molecule has 1 saturated carbocycles. The number of carbonyl (C=O) groups excluding carboxylic acids is 2. The Morgan fingerprint density at radius 2 is 1.96 bits per heavy atom. The fourth-order valence-electron chi connectivity index (χ4n) is 3.69. The molecular weight excluding hydrogens is 312 g/mol. The Morgan fingerprint density at radius 3 is 2.54 bits per heavy atom. The van der Waals surface area contributed by atoms with Crippen molar-refractivity contribution in [1.29, 1.82) is 0 Å². The molecule has 0 aromatic rings. The molecule has 0 spiro atoms. The number of ether oxygens (including phenoxy) is 1. The summed E-state index contributed by atoms with van der Waals surface area (Å²) in [6, 6.07) is 0.235. The van der Waals surface area contributed by atoms with Crippen LogP contribution >= 0.6 is 0 Å². The third kappa shape index (κ3) is 4.69. The van der Waals surface area contributed by atoms with Crippen molar-refractivity contribution < 1.29 is 24.2 Å². The molecule has 7 nitrogen and oxygen atoms in total. The number of carboxylic acids is 1. The third-order valence-corrected chi connectivity index (χ3v) is 5.14. The van der Waals surface area contributed by atoms with Crippen LogP contribution in [0.15, 0.2) is 0 Å². The lowest BCUT2D eigenvalue weighted by molar-refractivity contribution is -0.146. The van der Waals surface area contributed by atoms with Crippen LogP contribution in [0.3, 0.4) is 0 Å². The van der Waals surface area contributed by atoms with Crippen molar-refractivity contribution in [2.24, 2.45) is 11.8 Å². The quantitative estimate of drug-likeness (QED) is 0.746. The van der Waals surface area contributed by atoms with Crippen molar-refractivity contribution in [2.45, 2.75) is 45.1 Å². The van der Waals surface area contributed by atoms with E-state index >= 15 is 0 Å². The van der Waals surface area contributed by atoms with E-state index in [-0.39, 0.29) is 44.0 Å². The molecule has 7 heteroatoms. The van der Waals surface area contributed by atoms with Crippen molar-refractivity contribution in [3.05, 3.63) is 0 Å². The highest BCUT2D eigenvalue weighted by atomic mass is 16.5. The SMILES string of the molecule is COCCN(CC(=O)O)C(=O)C1CC(=O)N(C2CCC(C)CC2)C1. The second-order valence-corrected chi connectivity index (χ2v) is 7.01. The van der Waals surface area contributed by atoms with Gasteiger partial charge in [-0.05, 0) is 31.6 Å². The summed E-state index contributed by atoms with van der Waals surface area (Å²) >= 11 is 0. The van der Waals surface area contributed by atoms with Gasteiger partial charge in [-0.3, -0.25) is 14.4 Å². The summed E-state index contributed by atoms with van der Waals surface area (Å²) in [5, 5.41) is 9.00. The molecule has 1 atom stereocenters. The summed E-state index contributed by atoms with van der Waals surface area (Å²) in [6.45, 7) is 2.80. The third-order valence-electron chi connectivity index (χ3n) is 5.14. The number of carboxylic acid groups (broad SMARTS) is 1. The number of aliphatic carboxylic acids is 1. The minimum absolute atomic E-state index is 0.0231. The van der Waals surface area contributed by atoms with Crippen LogP contribution in [0.1, 0.15) is 39.0 Å². The molecule has 24 heavy (non-hydrogen) atoms. The van der Waals surface area contributed by atoms with Crippen LogP contribution in [0, 0.1) is 11.8 Å². The molecule has 1 heterocycles. The van der Waals surface area contributed by atoms with Gasteiger partial charge in [0.25, 0.3) is 0 Å². The van der Waals surface area contributed by atoms with Gasteiger partial charge in [0.2, 0.25) is 11.8 Å². The zero-order chi connectivity index (χ0) is 17.7. The summed E-state index contributed by atoms with van der Waals surface area (Å²) in [6.07, 6.45) is 4.42. The first-order valence-corrected chi connectivity index (χ1v) is 8.71. The van der Waals surface area contributed by atoms with Gasteiger partial charge >= 0.3 is 5.97 Å². The maximum absolute atomic E-state index is 12.6. The highest BCUT2D eigenvalue weighted by molar-refractivity contribution is 5.90. The predicted molar refractivity (Wildman–Crippen MR) is 87.3 cm³/mol. The second-order valence-electron chi connectivity index (χ2n) is 7.01. The maximum atomic E-state index is 12.6. The second kappa shape index (κ2) is 8.46. The van der Waals surface area contributed by atoms with E-state index in [0.717, 1.165) is 25.7 Å². The van der Waals surface area contributed by atoms with E-state index in [1.165, 1.54) is 12.0 Å². The minimum Gasteiger partial charge on any atom is -0.480 e. The van der Waals surface area contributed by atoms with Crippen LogP contribution in [0.2, 0.25) is 0 Å². The highest BCUT2D eigenvalue weighted by Gasteiger charge is 2.40.